The quantitative estimate of drug-likeness (QED) is 0.142. The average molecular weight is 981 g/mol. The molecular formula is C72H44N4O. The van der Waals surface area contributed by atoms with Crippen LogP contribution in [0, 0.1) is 0 Å². The Hall–Kier alpha value is -10.4. The summed E-state index contributed by atoms with van der Waals surface area (Å²) in [6, 6.07) is 79.0. The van der Waals surface area contributed by atoms with E-state index in [1.54, 1.807) is 0 Å². The molecule has 5 nitrogen and oxygen atoms in total. The van der Waals surface area contributed by atoms with Gasteiger partial charge in [0, 0.05) is 93.7 Å². The van der Waals surface area contributed by atoms with Crippen LogP contribution in [-0.4, -0.2) is 19.9 Å². The summed E-state index contributed by atoms with van der Waals surface area (Å²) in [5.41, 5.74) is 19.5. The number of hydrogen-bond donors (Lipinski definition) is 0. The summed E-state index contributed by atoms with van der Waals surface area (Å²) in [6.45, 7) is 0. The van der Waals surface area contributed by atoms with Gasteiger partial charge in [-0.1, -0.05) is 146 Å². The predicted molar refractivity (Wildman–Crippen MR) is 318 cm³/mol. The van der Waals surface area contributed by atoms with Crippen molar-refractivity contribution in [2.75, 3.05) is 0 Å². The molecule has 0 saturated carbocycles. The third-order valence-electron chi connectivity index (χ3n) is 15.3. The number of para-hydroxylation sites is 1. The Balaban J connectivity index is 0.922. The molecule has 5 aromatic heterocycles. The summed E-state index contributed by atoms with van der Waals surface area (Å²) in [5.74, 6) is 0. The standard InChI is InChI=1S/C72H44N4O/c1-3-20-58-56(18-1)68(57-19-2-4-21-59(57)69(58)54-36-50(46-14-10-30-73-41-46)34-51(37-54)47-15-11-31-74-42-47)45-28-29-67-66(40-45)64-26-9-27-65(72(64)77-67)71-62-24-7-5-22-60(62)70(61-23-6-8-25-63(61)71)55-38-52(48-16-12-32-75-43-48)35-53(39-55)49-17-13-33-76-44-49/h1-44H. The van der Waals surface area contributed by atoms with Gasteiger partial charge in [0.2, 0.25) is 0 Å². The van der Waals surface area contributed by atoms with Gasteiger partial charge >= 0.3 is 0 Å². The molecule has 0 aliphatic rings. The van der Waals surface area contributed by atoms with Crippen molar-refractivity contribution in [2.45, 2.75) is 0 Å². The van der Waals surface area contributed by atoms with Crippen LogP contribution in [0.25, 0.3) is 154 Å². The van der Waals surface area contributed by atoms with Crippen molar-refractivity contribution in [3.63, 3.8) is 0 Å². The van der Waals surface area contributed by atoms with Crippen molar-refractivity contribution >= 4 is 65.0 Å². The van der Waals surface area contributed by atoms with Crippen LogP contribution >= 0.6 is 0 Å². The molecule has 10 aromatic carbocycles. The fraction of sp³-hybridized carbons (Fsp3) is 0. The third-order valence-corrected chi connectivity index (χ3v) is 15.3. The number of nitrogens with zero attached hydrogens (tertiary/aromatic N) is 4. The van der Waals surface area contributed by atoms with E-state index in [0.717, 1.165) is 116 Å². The van der Waals surface area contributed by atoms with Gasteiger partial charge in [-0.3, -0.25) is 19.9 Å². The maximum Gasteiger partial charge on any atom is 0.143 e. The summed E-state index contributed by atoms with van der Waals surface area (Å²) < 4.78 is 7.10. The van der Waals surface area contributed by atoms with Gasteiger partial charge in [-0.25, -0.2) is 0 Å². The van der Waals surface area contributed by atoms with E-state index >= 15 is 0 Å². The second kappa shape index (κ2) is 18.2. The van der Waals surface area contributed by atoms with Gasteiger partial charge in [-0.05, 0) is 172 Å². The maximum absolute atomic E-state index is 7.10. The number of aromatic nitrogens is 4. The highest BCUT2D eigenvalue weighted by Gasteiger charge is 2.23. The molecule has 77 heavy (non-hydrogen) atoms. The molecule has 0 saturated heterocycles. The molecule has 0 aliphatic carbocycles. The van der Waals surface area contributed by atoms with Crippen molar-refractivity contribution in [1.29, 1.82) is 0 Å². The number of furan rings is 1. The second-order valence-electron chi connectivity index (χ2n) is 19.7. The lowest BCUT2D eigenvalue weighted by atomic mass is 9.84. The second-order valence-corrected chi connectivity index (χ2v) is 19.7. The molecule has 0 bridgehead atoms. The monoisotopic (exact) mass is 980 g/mol. The van der Waals surface area contributed by atoms with E-state index in [4.69, 9.17) is 4.42 Å². The van der Waals surface area contributed by atoms with E-state index in [-0.39, 0.29) is 0 Å². The Morgan fingerprint density at radius 3 is 0.922 bits per heavy atom. The van der Waals surface area contributed by atoms with Gasteiger partial charge in [0.1, 0.15) is 11.2 Å². The number of pyridine rings is 4. The van der Waals surface area contributed by atoms with E-state index in [0.29, 0.717) is 0 Å². The fourth-order valence-electron chi connectivity index (χ4n) is 12.0. The topological polar surface area (TPSA) is 64.7 Å². The molecule has 0 spiro atoms. The van der Waals surface area contributed by atoms with E-state index in [1.807, 2.05) is 73.8 Å². The van der Waals surface area contributed by atoms with Crippen molar-refractivity contribution in [3.8, 4) is 89.0 Å². The normalized spacial score (nSPS) is 11.6. The van der Waals surface area contributed by atoms with Crippen LogP contribution in [0.1, 0.15) is 0 Å². The minimum absolute atomic E-state index is 0.844. The molecule has 0 N–H and O–H groups in total. The maximum atomic E-state index is 7.10. The zero-order valence-electron chi connectivity index (χ0n) is 41.6. The van der Waals surface area contributed by atoms with E-state index in [9.17, 15) is 0 Å². The Morgan fingerprint density at radius 1 is 0.221 bits per heavy atom. The molecule has 358 valence electrons. The first-order valence-corrected chi connectivity index (χ1v) is 26.0. The molecule has 0 unspecified atom stereocenters. The first-order chi connectivity index (χ1) is 38.2. The van der Waals surface area contributed by atoms with Crippen LogP contribution in [0.5, 0.6) is 0 Å². The Labute approximate surface area is 444 Å². The first kappa shape index (κ1) is 44.2. The van der Waals surface area contributed by atoms with E-state index < -0.39 is 0 Å². The zero-order chi connectivity index (χ0) is 50.8. The van der Waals surface area contributed by atoms with Gasteiger partial charge in [0.05, 0.1) is 0 Å². The van der Waals surface area contributed by atoms with E-state index in [1.165, 1.54) is 38.2 Å². The molecule has 0 radical (unpaired) electrons. The number of fused-ring (bicyclic) bond motifs is 7. The molecular weight excluding hydrogens is 937 g/mol. The largest absolute Gasteiger partial charge is 0.455 e. The number of benzene rings is 10. The van der Waals surface area contributed by atoms with Crippen LogP contribution < -0.4 is 0 Å². The Bertz CT molecular complexity index is 4550. The minimum atomic E-state index is 0.844. The lowest BCUT2D eigenvalue weighted by Gasteiger charge is -2.19. The van der Waals surface area contributed by atoms with Crippen LogP contribution in [0.4, 0.5) is 0 Å². The molecule has 5 heteroatoms. The molecule has 5 heterocycles. The molecule has 15 rings (SSSR count). The highest BCUT2D eigenvalue weighted by atomic mass is 16.3. The number of hydrogen-bond acceptors (Lipinski definition) is 5. The van der Waals surface area contributed by atoms with Gasteiger partial charge in [0.25, 0.3) is 0 Å². The van der Waals surface area contributed by atoms with Crippen LogP contribution in [-0.2, 0) is 0 Å². The fourth-order valence-corrected chi connectivity index (χ4v) is 12.0. The van der Waals surface area contributed by atoms with Crippen molar-refractivity contribution in [2.24, 2.45) is 0 Å². The van der Waals surface area contributed by atoms with Crippen molar-refractivity contribution in [3.05, 3.63) is 268 Å². The van der Waals surface area contributed by atoms with Crippen molar-refractivity contribution < 1.29 is 4.42 Å². The molecule has 0 atom stereocenters. The third kappa shape index (κ3) is 7.47. The lowest BCUT2D eigenvalue weighted by Crippen LogP contribution is -1.93. The highest BCUT2D eigenvalue weighted by molar-refractivity contribution is 6.26. The average Bonchev–Trinajstić information content (AvgIpc) is 4.02. The molecule has 0 fully saturated rings. The molecule has 0 amide bonds. The van der Waals surface area contributed by atoms with Gasteiger partial charge in [-0.2, -0.15) is 0 Å². The predicted octanol–water partition coefficient (Wildman–Crippen LogP) is 19.1. The summed E-state index contributed by atoms with van der Waals surface area (Å²) in [4.78, 5) is 18.0. The van der Waals surface area contributed by atoms with E-state index in [2.05, 4.69) is 214 Å². The van der Waals surface area contributed by atoms with Crippen LogP contribution in [0.15, 0.2) is 272 Å². The van der Waals surface area contributed by atoms with Gasteiger partial charge in [-0.15, -0.1) is 0 Å². The highest BCUT2D eigenvalue weighted by Crippen LogP contribution is 2.50. The van der Waals surface area contributed by atoms with Gasteiger partial charge in [0.15, 0.2) is 0 Å². The zero-order valence-corrected chi connectivity index (χ0v) is 41.6. The first-order valence-electron chi connectivity index (χ1n) is 26.0. The Kier molecular flexibility index (Phi) is 10.5. The Morgan fingerprint density at radius 2 is 0.558 bits per heavy atom. The lowest BCUT2D eigenvalue weighted by molar-refractivity contribution is 0.670. The minimum Gasteiger partial charge on any atom is -0.455 e. The van der Waals surface area contributed by atoms with Crippen molar-refractivity contribution in [1.82, 2.24) is 19.9 Å². The molecule has 15 aromatic rings. The summed E-state index contributed by atoms with van der Waals surface area (Å²) >= 11 is 0. The van der Waals surface area contributed by atoms with Crippen LogP contribution in [0.2, 0.25) is 0 Å². The SMILES string of the molecule is c1cncc(-c2cc(-c3cccnc3)cc(-c3c4ccccc4c(-c4ccc5oc6c(-c7c8ccccc8c(-c8cc(-c9cccnc9)cc(-c9cccnc9)c8)c8ccccc78)cccc6c5c4)c4ccccc34)c2)c1. The molecule has 0 aliphatic heterocycles. The van der Waals surface area contributed by atoms with Gasteiger partial charge < -0.3 is 4.42 Å². The smallest absolute Gasteiger partial charge is 0.143 e. The van der Waals surface area contributed by atoms with Crippen LogP contribution in [0.3, 0.4) is 0 Å². The summed E-state index contributed by atoms with van der Waals surface area (Å²) in [5, 5.41) is 11.5. The number of rotatable bonds is 8. The summed E-state index contributed by atoms with van der Waals surface area (Å²) in [7, 11) is 0. The summed E-state index contributed by atoms with van der Waals surface area (Å²) in [6.07, 6.45) is 15.1.